The van der Waals surface area contributed by atoms with Crippen LogP contribution in [0.5, 0.6) is 11.5 Å². The highest BCUT2D eigenvalue weighted by molar-refractivity contribution is 6.35. The summed E-state index contributed by atoms with van der Waals surface area (Å²) in [5.41, 5.74) is 6.05. The summed E-state index contributed by atoms with van der Waals surface area (Å²) in [7, 11) is 0. The Morgan fingerprint density at radius 3 is 2.50 bits per heavy atom. The number of rotatable bonds is 11. The summed E-state index contributed by atoms with van der Waals surface area (Å²) in [5, 5.41) is 25.3. The minimum atomic E-state index is -0.822. The second-order valence-corrected chi connectivity index (χ2v) is 7.69. The fraction of sp³-hybridized carbons (Fsp3) is 0.286. The molecule has 0 saturated carbocycles. The summed E-state index contributed by atoms with van der Waals surface area (Å²) in [6.45, 7) is 0.271. The number of phenols is 1. The summed E-state index contributed by atoms with van der Waals surface area (Å²) >= 11 is 11.9. The van der Waals surface area contributed by atoms with Crippen molar-refractivity contribution in [2.24, 2.45) is 5.73 Å². The second-order valence-electron chi connectivity index (χ2n) is 6.85. The van der Waals surface area contributed by atoms with Gasteiger partial charge in [0.05, 0.1) is 5.02 Å². The highest BCUT2D eigenvalue weighted by atomic mass is 35.5. The molecule has 2 amide bonds. The van der Waals surface area contributed by atoms with Crippen LogP contribution in [0, 0.1) is 5.41 Å². The Hall–Kier alpha value is -3.17. The number of hydrogen-bond donors (Lipinski definition) is 6. The summed E-state index contributed by atoms with van der Waals surface area (Å²) in [4.78, 5) is 25.1. The lowest BCUT2D eigenvalue weighted by molar-refractivity contribution is -0.130. The number of phenolic OH excluding ortho intramolecular Hbond substituents is 1. The van der Waals surface area contributed by atoms with Gasteiger partial charge < -0.3 is 31.5 Å². The third-order valence-corrected chi connectivity index (χ3v) is 4.82. The van der Waals surface area contributed by atoms with Crippen molar-refractivity contribution in [1.29, 1.82) is 5.41 Å². The Morgan fingerprint density at radius 1 is 1.12 bits per heavy atom. The molecule has 0 spiro atoms. The highest BCUT2D eigenvalue weighted by Gasteiger charge is 2.21. The first-order valence-corrected chi connectivity index (χ1v) is 10.5. The van der Waals surface area contributed by atoms with Gasteiger partial charge in [0, 0.05) is 18.1 Å². The summed E-state index contributed by atoms with van der Waals surface area (Å²) < 4.78 is 5.42. The van der Waals surface area contributed by atoms with Crippen LogP contribution < -0.4 is 26.4 Å². The van der Waals surface area contributed by atoms with Crippen LogP contribution in [-0.4, -0.2) is 42.1 Å². The molecule has 0 unspecified atom stereocenters. The van der Waals surface area contributed by atoms with E-state index in [0.717, 1.165) is 5.56 Å². The zero-order valence-corrected chi connectivity index (χ0v) is 18.7. The van der Waals surface area contributed by atoms with Crippen LogP contribution in [0.15, 0.2) is 42.5 Å². The zero-order valence-electron chi connectivity index (χ0n) is 17.2. The first-order chi connectivity index (χ1) is 15.2. The number of amides is 2. The van der Waals surface area contributed by atoms with Crippen molar-refractivity contribution in [1.82, 2.24) is 16.0 Å². The van der Waals surface area contributed by atoms with Crippen LogP contribution in [0.3, 0.4) is 0 Å². The Morgan fingerprint density at radius 2 is 1.84 bits per heavy atom. The average Bonchev–Trinajstić information content (AvgIpc) is 2.74. The number of ether oxygens (including phenoxy) is 1. The van der Waals surface area contributed by atoms with Crippen LogP contribution in [0.4, 0.5) is 0 Å². The maximum absolute atomic E-state index is 12.7. The first kappa shape index (κ1) is 25.1. The standard InChI is InChI=1S/C21H25Cl2N5O4/c22-14-5-8-18(16(23)10-14)32-12-19(30)28-17(2-1-9-26-21(24)25)20(31)27-11-13-3-6-15(29)7-4-13/h3-8,10,17,29H,1-2,9,11-12H2,(H,27,31)(H,28,30)(H4,24,25,26)/t17-/m1/s1. The molecule has 0 aliphatic rings. The van der Waals surface area contributed by atoms with E-state index in [-0.39, 0.29) is 35.8 Å². The summed E-state index contributed by atoms with van der Waals surface area (Å²) in [6, 6.07) is 10.2. The maximum Gasteiger partial charge on any atom is 0.258 e. The lowest BCUT2D eigenvalue weighted by Crippen LogP contribution is -2.48. The van der Waals surface area contributed by atoms with E-state index in [1.165, 1.54) is 18.2 Å². The van der Waals surface area contributed by atoms with Gasteiger partial charge in [0.25, 0.3) is 5.91 Å². The predicted octanol–water partition coefficient (Wildman–Crippen LogP) is 2.14. The molecule has 172 valence electrons. The molecule has 0 radical (unpaired) electrons. The Kier molecular flexibility index (Phi) is 9.90. The van der Waals surface area contributed by atoms with Crippen molar-refractivity contribution in [3.8, 4) is 11.5 Å². The molecular weight excluding hydrogens is 457 g/mol. The van der Waals surface area contributed by atoms with Crippen molar-refractivity contribution < 1.29 is 19.4 Å². The number of carbonyl (C=O) groups is 2. The van der Waals surface area contributed by atoms with Gasteiger partial charge in [0.15, 0.2) is 12.6 Å². The number of guanidine groups is 1. The van der Waals surface area contributed by atoms with E-state index >= 15 is 0 Å². The van der Waals surface area contributed by atoms with Gasteiger partial charge in [-0.1, -0.05) is 35.3 Å². The van der Waals surface area contributed by atoms with Crippen LogP contribution >= 0.6 is 23.2 Å². The lowest BCUT2D eigenvalue weighted by Gasteiger charge is -2.19. The van der Waals surface area contributed by atoms with Crippen molar-refractivity contribution in [3.63, 3.8) is 0 Å². The topological polar surface area (TPSA) is 150 Å². The van der Waals surface area contributed by atoms with Gasteiger partial charge in [-0.3, -0.25) is 15.0 Å². The molecule has 0 aromatic heterocycles. The zero-order chi connectivity index (χ0) is 23.5. The number of nitrogens with one attached hydrogen (secondary N) is 4. The monoisotopic (exact) mass is 481 g/mol. The molecule has 0 aliphatic heterocycles. The van der Waals surface area contributed by atoms with E-state index in [1.807, 2.05) is 0 Å². The summed E-state index contributed by atoms with van der Waals surface area (Å²) in [5.74, 6) is -0.621. The average molecular weight is 482 g/mol. The minimum absolute atomic E-state index is 0.129. The van der Waals surface area contributed by atoms with Crippen molar-refractivity contribution in [3.05, 3.63) is 58.1 Å². The van der Waals surface area contributed by atoms with Crippen molar-refractivity contribution in [2.45, 2.75) is 25.4 Å². The largest absolute Gasteiger partial charge is 0.508 e. The molecule has 0 fully saturated rings. The van der Waals surface area contributed by atoms with Crippen molar-refractivity contribution in [2.75, 3.05) is 13.2 Å². The van der Waals surface area contributed by atoms with Crippen LogP contribution in [-0.2, 0) is 16.1 Å². The Labute approximate surface area is 195 Å². The number of benzene rings is 2. The molecule has 0 bridgehead atoms. The van der Waals surface area contributed by atoms with E-state index in [0.29, 0.717) is 30.2 Å². The van der Waals surface area contributed by atoms with Gasteiger partial charge in [-0.05, 0) is 48.7 Å². The van der Waals surface area contributed by atoms with Crippen LogP contribution in [0.2, 0.25) is 10.0 Å². The fourth-order valence-electron chi connectivity index (χ4n) is 2.70. The number of halogens is 2. The third-order valence-electron chi connectivity index (χ3n) is 4.29. The fourth-order valence-corrected chi connectivity index (χ4v) is 3.16. The van der Waals surface area contributed by atoms with Crippen LogP contribution in [0.1, 0.15) is 18.4 Å². The molecule has 32 heavy (non-hydrogen) atoms. The Balaban J connectivity index is 1.92. The second kappa shape index (κ2) is 12.6. The lowest BCUT2D eigenvalue weighted by atomic mass is 10.1. The van der Waals surface area contributed by atoms with Crippen molar-refractivity contribution >= 4 is 41.0 Å². The van der Waals surface area contributed by atoms with E-state index in [2.05, 4.69) is 16.0 Å². The quantitative estimate of drug-likeness (QED) is 0.164. The number of nitrogens with two attached hydrogens (primary N) is 1. The van der Waals surface area contributed by atoms with E-state index < -0.39 is 11.9 Å². The van der Waals surface area contributed by atoms with E-state index in [1.54, 1.807) is 24.3 Å². The molecule has 0 saturated heterocycles. The number of hydrogen-bond acceptors (Lipinski definition) is 5. The normalized spacial score (nSPS) is 11.3. The van der Waals surface area contributed by atoms with Gasteiger partial charge in [-0.15, -0.1) is 0 Å². The molecule has 7 N–H and O–H groups in total. The van der Waals surface area contributed by atoms with Gasteiger partial charge in [-0.25, -0.2) is 0 Å². The van der Waals surface area contributed by atoms with Crippen LogP contribution in [0.25, 0.3) is 0 Å². The maximum atomic E-state index is 12.7. The molecule has 0 heterocycles. The SMILES string of the molecule is N=C(N)NCCC[C@@H](NC(=O)COc1ccc(Cl)cc1Cl)C(=O)NCc1ccc(O)cc1. The van der Waals surface area contributed by atoms with E-state index in [4.69, 9.17) is 39.1 Å². The van der Waals surface area contributed by atoms with Gasteiger partial charge in [0.1, 0.15) is 17.5 Å². The summed E-state index contributed by atoms with van der Waals surface area (Å²) in [6.07, 6.45) is 0.802. The minimum Gasteiger partial charge on any atom is -0.508 e. The molecule has 1 atom stereocenters. The third kappa shape index (κ3) is 8.91. The first-order valence-electron chi connectivity index (χ1n) is 9.75. The highest BCUT2D eigenvalue weighted by Crippen LogP contribution is 2.27. The molecule has 0 aliphatic carbocycles. The molecule has 2 rings (SSSR count). The number of carbonyl (C=O) groups excluding carboxylic acids is 2. The molecule has 2 aromatic rings. The van der Waals surface area contributed by atoms with Gasteiger partial charge in [-0.2, -0.15) is 0 Å². The molecular formula is C21H25Cl2N5O4. The van der Waals surface area contributed by atoms with E-state index in [9.17, 15) is 14.7 Å². The smallest absolute Gasteiger partial charge is 0.258 e. The molecule has 11 heteroatoms. The predicted molar refractivity (Wildman–Crippen MR) is 123 cm³/mol. The molecule has 2 aromatic carbocycles. The number of aromatic hydroxyl groups is 1. The van der Waals surface area contributed by atoms with Gasteiger partial charge in [0.2, 0.25) is 5.91 Å². The molecule has 9 nitrogen and oxygen atoms in total. The Bertz CT molecular complexity index is 940. The van der Waals surface area contributed by atoms with Gasteiger partial charge >= 0.3 is 0 Å².